The zero-order chi connectivity index (χ0) is 26.1. The quantitative estimate of drug-likeness (QED) is 0.383. The molecule has 3 rings (SSSR count). The summed E-state index contributed by atoms with van der Waals surface area (Å²) >= 11 is 0. The second kappa shape index (κ2) is 12.3. The highest BCUT2D eigenvalue weighted by Crippen LogP contribution is 2.22. The van der Waals surface area contributed by atoms with Crippen LogP contribution >= 0.6 is 0 Å². The molecule has 3 heterocycles. The SMILES string of the molecule is CCCOCCn1c(=O)c(NCCNC(=O)OC(C)(C)C)nc2cnc(-c3ccc(OC)nc3)cc21. The molecule has 0 saturated heterocycles. The van der Waals surface area contributed by atoms with Gasteiger partial charge in [-0.3, -0.25) is 9.78 Å². The lowest BCUT2D eigenvalue weighted by Crippen LogP contribution is -2.36. The Balaban J connectivity index is 1.84. The molecule has 0 radical (unpaired) electrons. The molecule has 0 atom stereocenters. The van der Waals surface area contributed by atoms with Crippen LogP contribution in [0.3, 0.4) is 0 Å². The molecule has 2 N–H and O–H groups in total. The van der Waals surface area contributed by atoms with E-state index in [9.17, 15) is 9.59 Å². The molecular weight excluding hydrogens is 464 g/mol. The molecule has 11 nitrogen and oxygen atoms in total. The largest absolute Gasteiger partial charge is 0.481 e. The third-order valence-electron chi connectivity index (χ3n) is 4.97. The molecular formula is C25H34N6O5. The van der Waals surface area contributed by atoms with Crippen LogP contribution in [0.1, 0.15) is 34.1 Å². The van der Waals surface area contributed by atoms with Crippen LogP contribution in [0.25, 0.3) is 22.3 Å². The Morgan fingerprint density at radius 2 is 1.92 bits per heavy atom. The van der Waals surface area contributed by atoms with Crippen molar-refractivity contribution in [3.8, 4) is 17.1 Å². The molecule has 0 unspecified atom stereocenters. The van der Waals surface area contributed by atoms with Crippen LogP contribution in [0.5, 0.6) is 5.88 Å². The minimum atomic E-state index is -0.585. The first kappa shape index (κ1) is 26.9. The summed E-state index contributed by atoms with van der Waals surface area (Å²) in [6, 6.07) is 5.43. The molecule has 0 aliphatic carbocycles. The van der Waals surface area contributed by atoms with Gasteiger partial charge in [-0.25, -0.2) is 14.8 Å². The average molecular weight is 499 g/mol. The fraction of sp³-hybridized carbons (Fsp3) is 0.480. The van der Waals surface area contributed by atoms with Gasteiger partial charge in [0.15, 0.2) is 5.82 Å². The second-order valence-corrected chi connectivity index (χ2v) is 9.03. The highest BCUT2D eigenvalue weighted by atomic mass is 16.6. The second-order valence-electron chi connectivity index (χ2n) is 9.03. The number of rotatable bonds is 11. The zero-order valence-corrected chi connectivity index (χ0v) is 21.5. The number of amides is 1. The summed E-state index contributed by atoms with van der Waals surface area (Å²) in [4.78, 5) is 38.4. The molecule has 0 saturated carbocycles. The number of aromatic nitrogens is 4. The first-order valence-corrected chi connectivity index (χ1v) is 11.9. The van der Waals surface area contributed by atoms with Crippen LogP contribution < -0.4 is 20.9 Å². The highest BCUT2D eigenvalue weighted by Gasteiger charge is 2.16. The molecule has 36 heavy (non-hydrogen) atoms. The lowest BCUT2D eigenvalue weighted by atomic mass is 10.2. The summed E-state index contributed by atoms with van der Waals surface area (Å²) in [5, 5.41) is 5.67. The zero-order valence-electron chi connectivity index (χ0n) is 21.5. The molecule has 0 aliphatic rings. The number of hydrogen-bond acceptors (Lipinski definition) is 9. The lowest BCUT2D eigenvalue weighted by molar-refractivity contribution is 0.0530. The maximum absolute atomic E-state index is 13.3. The number of carbonyl (C=O) groups is 1. The van der Waals surface area contributed by atoms with E-state index in [2.05, 4.69) is 25.6 Å². The van der Waals surface area contributed by atoms with Gasteiger partial charge >= 0.3 is 6.09 Å². The third-order valence-corrected chi connectivity index (χ3v) is 4.97. The monoisotopic (exact) mass is 498 g/mol. The minimum Gasteiger partial charge on any atom is -0.481 e. The highest BCUT2D eigenvalue weighted by molar-refractivity contribution is 5.80. The van der Waals surface area contributed by atoms with E-state index in [1.807, 2.05) is 19.1 Å². The summed E-state index contributed by atoms with van der Waals surface area (Å²) < 4.78 is 17.6. The molecule has 11 heteroatoms. The molecule has 3 aromatic heterocycles. The number of carbonyl (C=O) groups excluding carboxylic acids is 1. The van der Waals surface area contributed by atoms with Crippen molar-refractivity contribution in [2.45, 2.75) is 46.3 Å². The number of alkyl carbamates (subject to hydrolysis) is 1. The first-order chi connectivity index (χ1) is 17.2. The molecule has 194 valence electrons. The number of nitrogens with zero attached hydrogens (tertiary/aromatic N) is 4. The van der Waals surface area contributed by atoms with Crippen LogP contribution in [0.15, 0.2) is 35.4 Å². The molecule has 0 bridgehead atoms. The van der Waals surface area contributed by atoms with E-state index in [1.54, 1.807) is 50.9 Å². The molecule has 3 aromatic rings. The number of nitrogens with one attached hydrogen (secondary N) is 2. The number of fused-ring (bicyclic) bond motifs is 1. The number of pyridine rings is 2. The fourth-order valence-corrected chi connectivity index (χ4v) is 3.35. The van der Waals surface area contributed by atoms with Crippen LogP contribution in [0, 0.1) is 0 Å². The van der Waals surface area contributed by atoms with Gasteiger partial charge in [-0.1, -0.05) is 6.92 Å². The van der Waals surface area contributed by atoms with Gasteiger partial charge in [0.2, 0.25) is 5.88 Å². The van der Waals surface area contributed by atoms with E-state index < -0.39 is 11.7 Å². The summed E-state index contributed by atoms with van der Waals surface area (Å²) in [5.74, 6) is 0.674. The minimum absolute atomic E-state index is 0.171. The standard InChI is InChI=1S/C25H34N6O5/c1-6-12-35-13-11-31-20-14-18(17-7-8-21(34-5)29-15-17)28-16-19(20)30-22(23(31)32)26-9-10-27-24(33)36-25(2,3)4/h7-8,14-16H,6,9-13H2,1-5H3,(H,26,30)(H,27,33). The van der Waals surface area contributed by atoms with Crippen molar-refractivity contribution in [3.63, 3.8) is 0 Å². The number of anilines is 1. The Morgan fingerprint density at radius 3 is 2.58 bits per heavy atom. The topological polar surface area (TPSA) is 129 Å². The van der Waals surface area contributed by atoms with E-state index in [0.717, 1.165) is 12.0 Å². The van der Waals surface area contributed by atoms with Gasteiger partial charge < -0.3 is 29.4 Å². The maximum atomic E-state index is 13.3. The summed E-state index contributed by atoms with van der Waals surface area (Å²) in [6.07, 6.45) is 3.66. The average Bonchev–Trinajstić information content (AvgIpc) is 2.84. The van der Waals surface area contributed by atoms with E-state index in [1.165, 1.54) is 0 Å². The van der Waals surface area contributed by atoms with Gasteiger partial charge in [0.05, 0.1) is 31.1 Å². The Labute approximate surface area is 210 Å². The molecule has 1 amide bonds. The number of hydrogen-bond donors (Lipinski definition) is 2. The van der Waals surface area contributed by atoms with Crippen molar-refractivity contribution in [3.05, 3.63) is 40.9 Å². The number of ether oxygens (including phenoxy) is 3. The molecule has 0 aliphatic heterocycles. The van der Waals surface area contributed by atoms with E-state index in [4.69, 9.17) is 14.2 Å². The molecule has 0 aromatic carbocycles. The summed E-state index contributed by atoms with van der Waals surface area (Å²) in [5.41, 5.74) is 1.76. The fourth-order valence-electron chi connectivity index (χ4n) is 3.35. The van der Waals surface area contributed by atoms with E-state index in [0.29, 0.717) is 48.9 Å². The molecule has 0 fully saturated rings. The van der Waals surface area contributed by atoms with Crippen molar-refractivity contribution in [1.29, 1.82) is 0 Å². The smallest absolute Gasteiger partial charge is 0.407 e. The first-order valence-electron chi connectivity index (χ1n) is 11.9. The Bertz CT molecular complexity index is 1220. The van der Waals surface area contributed by atoms with Gasteiger partial charge in [0.25, 0.3) is 5.56 Å². The van der Waals surface area contributed by atoms with E-state index in [-0.39, 0.29) is 17.9 Å². The summed E-state index contributed by atoms with van der Waals surface area (Å²) in [7, 11) is 1.56. The van der Waals surface area contributed by atoms with Crippen molar-refractivity contribution in [2.75, 3.05) is 38.7 Å². The third kappa shape index (κ3) is 7.38. The van der Waals surface area contributed by atoms with Gasteiger partial charge in [-0.2, -0.15) is 0 Å². The van der Waals surface area contributed by atoms with Crippen LogP contribution in [0.2, 0.25) is 0 Å². The van der Waals surface area contributed by atoms with Gasteiger partial charge in [0, 0.05) is 44.1 Å². The normalized spacial score (nSPS) is 11.4. The van der Waals surface area contributed by atoms with E-state index >= 15 is 0 Å². The predicted molar refractivity (Wildman–Crippen MR) is 137 cm³/mol. The molecule has 0 spiro atoms. The van der Waals surface area contributed by atoms with Crippen LogP contribution in [0.4, 0.5) is 10.6 Å². The Hall–Kier alpha value is -3.73. The van der Waals surface area contributed by atoms with Crippen molar-refractivity contribution >= 4 is 22.9 Å². The Morgan fingerprint density at radius 1 is 1.11 bits per heavy atom. The van der Waals surface area contributed by atoms with Gasteiger partial charge in [-0.15, -0.1) is 0 Å². The predicted octanol–water partition coefficient (Wildman–Crippen LogP) is 3.23. The number of methoxy groups -OCH3 is 1. The van der Waals surface area contributed by atoms with Crippen LogP contribution in [-0.2, 0) is 16.0 Å². The maximum Gasteiger partial charge on any atom is 0.407 e. The van der Waals surface area contributed by atoms with Crippen LogP contribution in [-0.4, -0.2) is 64.6 Å². The van der Waals surface area contributed by atoms with Crippen molar-refractivity contribution in [1.82, 2.24) is 24.8 Å². The van der Waals surface area contributed by atoms with Gasteiger partial charge in [0.1, 0.15) is 11.1 Å². The Kier molecular flexibility index (Phi) is 9.18. The summed E-state index contributed by atoms with van der Waals surface area (Å²) in [6.45, 7) is 9.31. The van der Waals surface area contributed by atoms with Gasteiger partial charge in [-0.05, 0) is 39.3 Å². The van der Waals surface area contributed by atoms with Crippen molar-refractivity contribution < 1.29 is 19.0 Å². The van der Waals surface area contributed by atoms with Crippen molar-refractivity contribution in [2.24, 2.45) is 0 Å². The lowest BCUT2D eigenvalue weighted by Gasteiger charge is -2.19.